The lowest BCUT2D eigenvalue weighted by atomic mass is 10.2. The van der Waals surface area contributed by atoms with Crippen molar-refractivity contribution in [2.45, 2.75) is 6.61 Å². The maximum Gasteiger partial charge on any atom is 0.272 e. The average Bonchev–Trinajstić information content (AvgIpc) is 2.68. The van der Waals surface area contributed by atoms with Gasteiger partial charge in [0.25, 0.3) is 5.91 Å². The monoisotopic (exact) mass is 408 g/mol. The van der Waals surface area contributed by atoms with E-state index in [4.69, 9.17) is 4.74 Å². The summed E-state index contributed by atoms with van der Waals surface area (Å²) < 4.78 is 6.52. The molecule has 0 saturated heterocycles. The van der Waals surface area contributed by atoms with Gasteiger partial charge in [0.05, 0.1) is 11.8 Å². The zero-order chi connectivity index (χ0) is 18.2. The topological polar surface area (TPSA) is 50.7 Å². The van der Waals surface area contributed by atoms with Gasteiger partial charge in [0.2, 0.25) is 0 Å². The molecular formula is C21H17BrN2O2. The highest BCUT2D eigenvalue weighted by Crippen LogP contribution is 2.16. The Labute approximate surface area is 160 Å². The first-order valence-corrected chi connectivity index (χ1v) is 8.86. The van der Waals surface area contributed by atoms with Gasteiger partial charge in [0, 0.05) is 4.47 Å². The van der Waals surface area contributed by atoms with Crippen LogP contribution < -0.4 is 10.2 Å². The lowest BCUT2D eigenvalue weighted by Gasteiger charge is -2.07. The summed E-state index contributed by atoms with van der Waals surface area (Å²) in [5.74, 6) is 0.472. The largest absolute Gasteiger partial charge is 0.489 e. The number of hydrogen-bond acceptors (Lipinski definition) is 3. The van der Waals surface area contributed by atoms with Gasteiger partial charge in [-0.1, -0.05) is 54.6 Å². The van der Waals surface area contributed by atoms with Gasteiger partial charge in [-0.2, -0.15) is 5.10 Å². The molecule has 130 valence electrons. The molecule has 1 N–H and O–H groups in total. The van der Waals surface area contributed by atoms with Gasteiger partial charge in [0.1, 0.15) is 12.4 Å². The van der Waals surface area contributed by atoms with Gasteiger partial charge >= 0.3 is 0 Å². The standard InChI is InChI=1S/C21H17BrN2O2/c22-20-12-5-4-11-19(20)21(25)24-23-14-17-9-6-10-18(13-17)26-15-16-7-2-1-3-8-16/h1-14H,15H2,(H,24,25)/b23-14+. The quantitative estimate of drug-likeness (QED) is 0.470. The van der Waals surface area contributed by atoms with Crippen LogP contribution in [0.4, 0.5) is 0 Å². The maximum absolute atomic E-state index is 12.1. The van der Waals surface area contributed by atoms with E-state index >= 15 is 0 Å². The molecule has 0 radical (unpaired) electrons. The fourth-order valence-corrected chi connectivity index (χ4v) is 2.76. The first kappa shape index (κ1) is 17.9. The smallest absolute Gasteiger partial charge is 0.272 e. The zero-order valence-electron chi connectivity index (χ0n) is 13.9. The van der Waals surface area contributed by atoms with Crippen LogP contribution in [0.15, 0.2) is 88.4 Å². The Morgan fingerprint density at radius 1 is 1.00 bits per heavy atom. The second-order valence-corrected chi connectivity index (χ2v) is 6.38. The molecule has 0 bridgehead atoms. The van der Waals surface area contributed by atoms with Crippen LogP contribution in [0.2, 0.25) is 0 Å². The van der Waals surface area contributed by atoms with Crippen LogP contribution in [-0.2, 0) is 6.61 Å². The second kappa shape index (κ2) is 8.97. The van der Waals surface area contributed by atoms with E-state index in [9.17, 15) is 4.79 Å². The Morgan fingerprint density at radius 2 is 1.77 bits per heavy atom. The lowest BCUT2D eigenvalue weighted by Crippen LogP contribution is -2.18. The molecule has 0 atom stereocenters. The van der Waals surface area contributed by atoms with Crippen molar-refractivity contribution in [3.8, 4) is 5.75 Å². The number of carbonyl (C=O) groups is 1. The number of carbonyl (C=O) groups excluding carboxylic acids is 1. The van der Waals surface area contributed by atoms with Gasteiger partial charge in [-0.15, -0.1) is 0 Å². The van der Waals surface area contributed by atoms with E-state index in [0.29, 0.717) is 12.2 Å². The number of amides is 1. The number of benzene rings is 3. The molecule has 3 aromatic rings. The lowest BCUT2D eigenvalue weighted by molar-refractivity contribution is 0.0954. The van der Waals surface area contributed by atoms with E-state index < -0.39 is 0 Å². The summed E-state index contributed by atoms with van der Waals surface area (Å²) >= 11 is 3.35. The van der Waals surface area contributed by atoms with Gasteiger partial charge in [-0.25, -0.2) is 5.43 Å². The number of hydrazone groups is 1. The third-order valence-corrected chi connectivity index (χ3v) is 4.30. The molecule has 0 aliphatic rings. The van der Waals surface area contributed by atoms with Crippen LogP contribution in [-0.4, -0.2) is 12.1 Å². The summed E-state index contributed by atoms with van der Waals surface area (Å²) in [5.41, 5.74) is 5.00. The highest BCUT2D eigenvalue weighted by Gasteiger charge is 2.07. The van der Waals surface area contributed by atoms with Gasteiger partial charge in [0.15, 0.2) is 0 Å². The van der Waals surface area contributed by atoms with Crippen molar-refractivity contribution >= 4 is 28.1 Å². The van der Waals surface area contributed by atoms with Crippen LogP contribution >= 0.6 is 15.9 Å². The van der Waals surface area contributed by atoms with Crippen molar-refractivity contribution in [3.05, 3.63) is 100 Å². The SMILES string of the molecule is O=C(N/N=C/c1cccc(OCc2ccccc2)c1)c1ccccc1Br. The molecule has 1 amide bonds. The molecule has 4 nitrogen and oxygen atoms in total. The molecule has 0 aliphatic carbocycles. The van der Waals surface area contributed by atoms with E-state index in [1.807, 2.05) is 66.7 Å². The summed E-state index contributed by atoms with van der Waals surface area (Å²) in [5, 5.41) is 4.02. The molecule has 0 spiro atoms. The second-order valence-electron chi connectivity index (χ2n) is 5.53. The number of nitrogens with zero attached hydrogens (tertiary/aromatic N) is 1. The van der Waals surface area contributed by atoms with Crippen LogP contribution in [0.25, 0.3) is 0 Å². The third-order valence-electron chi connectivity index (χ3n) is 3.60. The highest BCUT2D eigenvalue weighted by atomic mass is 79.9. The molecule has 3 aromatic carbocycles. The third kappa shape index (κ3) is 5.04. The van der Waals surface area contributed by atoms with E-state index in [0.717, 1.165) is 21.3 Å². The minimum Gasteiger partial charge on any atom is -0.489 e. The highest BCUT2D eigenvalue weighted by molar-refractivity contribution is 9.10. The van der Waals surface area contributed by atoms with Crippen LogP contribution in [0, 0.1) is 0 Å². The fourth-order valence-electron chi connectivity index (χ4n) is 2.30. The number of hydrogen-bond donors (Lipinski definition) is 1. The Kier molecular flexibility index (Phi) is 6.17. The molecule has 0 saturated carbocycles. The van der Waals surface area contributed by atoms with Crippen molar-refractivity contribution in [1.29, 1.82) is 0 Å². The molecule has 0 aromatic heterocycles. The number of nitrogens with one attached hydrogen (secondary N) is 1. The van der Waals surface area contributed by atoms with Gasteiger partial charge < -0.3 is 4.74 Å². The van der Waals surface area contributed by atoms with Crippen molar-refractivity contribution in [1.82, 2.24) is 5.43 Å². The first-order valence-electron chi connectivity index (χ1n) is 8.07. The van der Waals surface area contributed by atoms with Crippen molar-refractivity contribution in [2.24, 2.45) is 5.10 Å². The molecule has 0 fully saturated rings. The van der Waals surface area contributed by atoms with Crippen LogP contribution in [0.5, 0.6) is 5.75 Å². The van der Waals surface area contributed by atoms with E-state index in [-0.39, 0.29) is 5.91 Å². The Hall–Kier alpha value is -2.92. The van der Waals surface area contributed by atoms with Crippen LogP contribution in [0.3, 0.4) is 0 Å². The summed E-state index contributed by atoms with van der Waals surface area (Å²) in [6.07, 6.45) is 1.59. The zero-order valence-corrected chi connectivity index (χ0v) is 15.5. The summed E-state index contributed by atoms with van der Waals surface area (Å²) in [4.78, 5) is 12.1. The van der Waals surface area contributed by atoms with Crippen molar-refractivity contribution < 1.29 is 9.53 Å². The number of halogens is 1. The Balaban J connectivity index is 1.59. The molecule has 0 unspecified atom stereocenters. The molecule has 5 heteroatoms. The van der Waals surface area contributed by atoms with Crippen molar-refractivity contribution in [2.75, 3.05) is 0 Å². The Bertz CT molecular complexity index is 911. The fraction of sp³-hybridized carbons (Fsp3) is 0.0476. The minimum absolute atomic E-state index is 0.273. The average molecular weight is 409 g/mol. The van der Waals surface area contributed by atoms with E-state index in [1.54, 1.807) is 18.3 Å². The summed E-state index contributed by atoms with van der Waals surface area (Å²) in [6, 6.07) is 24.7. The predicted molar refractivity (Wildman–Crippen MR) is 106 cm³/mol. The normalized spacial score (nSPS) is 10.7. The molecule has 3 rings (SSSR count). The predicted octanol–water partition coefficient (Wildman–Crippen LogP) is 4.79. The molecule has 0 aliphatic heterocycles. The van der Waals surface area contributed by atoms with E-state index in [1.165, 1.54) is 0 Å². The van der Waals surface area contributed by atoms with Crippen LogP contribution in [0.1, 0.15) is 21.5 Å². The van der Waals surface area contributed by atoms with Gasteiger partial charge in [-0.05, 0) is 51.3 Å². The molecular weight excluding hydrogens is 392 g/mol. The molecule has 0 heterocycles. The van der Waals surface area contributed by atoms with E-state index in [2.05, 4.69) is 26.5 Å². The molecule has 26 heavy (non-hydrogen) atoms. The first-order chi connectivity index (χ1) is 12.7. The maximum atomic E-state index is 12.1. The summed E-state index contributed by atoms with van der Waals surface area (Å²) in [6.45, 7) is 0.500. The minimum atomic E-state index is -0.273. The van der Waals surface area contributed by atoms with Crippen molar-refractivity contribution in [3.63, 3.8) is 0 Å². The number of rotatable bonds is 6. The van der Waals surface area contributed by atoms with Gasteiger partial charge in [-0.3, -0.25) is 4.79 Å². The summed E-state index contributed by atoms with van der Waals surface area (Å²) in [7, 11) is 0. The number of ether oxygens (including phenoxy) is 1. The Morgan fingerprint density at radius 3 is 2.58 bits per heavy atom.